The number of aromatic amines is 1. The Morgan fingerprint density at radius 1 is 1.32 bits per heavy atom. The number of nitrogens with one attached hydrogen (secondary N) is 1. The quantitative estimate of drug-likeness (QED) is 0.866. The number of aromatic nitrogens is 1. The summed E-state index contributed by atoms with van der Waals surface area (Å²) < 4.78 is 25.2. The van der Waals surface area contributed by atoms with Gasteiger partial charge in [-0.3, -0.25) is 4.79 Å². The molecule has 25 heavy (non-hydrogen) atoms. The van der Waals surface area contributed by atoms with Crippen LogP contribution in [0, 0.1) is 0 Å². The highest BCUT2D eigenvalue weighted by atomic mass is 35.5. The smallest absolute Gasteiger partial charge is 0.241 e. The van der Waals surface area contributed by atoms with Crippen LogP contribution in [0.1, 0.15) is 24.1 Å². The van der Waals surface area contributed by atoms with Gasteiger partial charge in [-0.25, -0.2) is 8.42 Å². The standard InChI is InChI=1S/C17H20ClN3O3S/c1-25(23,24)21-8-3-6-15(21)17(22)20-9-7-14-12(10-20)11-4-2-5-13(18)16(11)19-14/h2,4-5,15,19H,3,6-10H2,1H3/t15-/m0/s1. The van der Waals surface area contributed by atoms with Gasteiger partial charge in [0.05, 0.1) is 16.8 Å². The summed E-state index contributed by atoms with van der Waals surface area (Å²) in [6.07, 6.45) is 3.21. The molecule has 1 atom stereocenters. The number of amides is 1. The minimum absolute atomic E-state index is 0.0926. The number of hydrogen-bond donors (Lipinski definition) is 1. The van der Waals surface area contributed by atoms with Crippen LogP contribution >= 0.6 is 11.6 Å². The highest BCUT2D eigenvalue weighted by molar-refractivity contribution is 7.88. The molecule has 2 aliphatic rings. The van der Waals surface area contributed by atoms with E-state index in [0.717, 1.165) is 35.0 Å². The largest absolute Gasteiger partial charge is 0.357 e. The third kappa shape index (κ3) is 2.84. The minimum Gasteiger partial charge on any atom is -0.357 e. The van der Waals surface area contributed by atoms with Crippen LogP contribution in [0.25, 0.3) is 10.9 Å². The molecule has 1 saturated heterocycles. The van der Waals surface area contributed by atoms with Gasteiger partial charge in [-0.1, -0.05) is 23.7 Å². The molecule has 1 fully saturated rings. The zero-order valence-electron chi connectivity index (χ0n) is 14.0. The van der Waals surface area contributed by atoms with Crippen molar-refractivity contribution >= 4 is 38.4 Å². The maximum Gasteiger partial charge on any atom is 0.241 e. The Bertz CT molecular complexity index is 953. The van der Waals surface area contributed by atoms with Crippen molar-refractivity contribution in [3.05, 3.63) is 34.5 Å². The summed E-state index contributed by atoms with van der Waals surface area (Å²) in [5, 5.41) is 1.70. The van der Waals surface area contributed by atoms with E-state index in [9.17, 15) is 13.2 Å². The van der Waals surface area contributed by atoms with Crippen molar-refractivity contribution in [1.82, 2.24) is 14.2 Å². The summed E-state index contributed by atoms with van der Waals surface area (Å²) in [5.41, 5.74) is 3.10. The van der Waals surface area contributed by atoms with E-state index < -0.39 is 16.1 Å². The summed E-state index contributed by atoms with van der Waals surface area (Å²) in [7, 11) is -3.36. The lowest BCUT2D eigenvalue weighted by molar-refractivity contribution is -0.135. The molecule has 1 amide bonds. The molecule has 0 unspecified atom stereocenters. The molecule has 0 aliphatic carbocycles. The molecule has 8 heteroatoms. The Labute approximate surface area is 151 Å². The lowest BCUT2D eigenvalue weighted by atomic mass is 10.0. The molecule has 2 aromatic rings. The van der Waals surface area contributed by atoms with Gasteiger partial charge in [0.1, 0.15) is 6.04 Å². The maximum atomic E-state index is 13.0. The number of halogens is 1. The second-order valence-electron chi connectivity index (χ2n) is 6.79. The fourth-order valence-electron chi connectivity index (χ4n) is 3.98. The summed E-state index contributed by atoms with van der Waals surface area (Å²) in [4.78, 5) is 18.1. The number of para-hydroxylation sites is 1. The fourth-order valence-corrected chi connectivity index (χ4v) is 5.33. The number of fused-ring (bicyclic) bond motifs is 3. The molecule has 2 aliphatic heterocycles. The van der Waals surface area contributed by atoms with Crippen molar-refractivity contribution in [2.24, 2.45) is 0 Å². The van der Waals surface area contributed by atoms with Gasteiger partial charge in [-0.15, -0.1) is 0 Å². The molecule has 6 nitrogen and oxygen atoms in total. The number of hydrogen-bond acceptors (Lipinski definition) is 3. The van der Waals surface area contributed by atoms with Crippen LogP contribution in [0.15, 0.2) is 18.2 Å². The molecule has 134 valence electrons. The van der Waals surface area contributed by atoms with E-state index in [4.69, 9.17) is 11.6 Å². The summed E-state index contributed by atoms with van der Waals surface area (Å²) in [6.45, 7) is 1.50. The molecule has 4 rings (SSSR count). The Morgan fingerprint density at radius 2 is 2.12 bits per heavy atom. The molecular weight excluding hydrogens is 362 g/mol. The predicted molar refractivity (Wildman–Crippen MR) is 97.0 cm³/mol. The molecule has 0 bridgehead atoms. The van der Waals surface area contributed by atoms with Crippen LogP contribution in [0.4, 0.5) is 0 Å². The SMILES string of the molecule is CS(=O)(=O)N1CCC[C@H]1C(=O)N1CCc2[nH]c3c(Cl)cccc3c2C1. The first-order valence-corrected chi connectivity index (χ1v) is 10.6. The van der Waals surface area contributed by atoms with Gasteiger partial charge in [-0.05, 0) is 18.9 Å². The van der Waals surface area contributed by atoms with Crippen LogP contribution in [0.2, 0.25) is 5.02 Å². The highest BCUT2D eigenvalue weighted by Gasteiger charge is 2.39. The number of H-pyrrole nitrogens is 1. The molecule has 0 radical (unpaired) electrons. The van der Waals surface area contributed by atoms with Crippen LogP contribution < -0.4 is 0 Å². The van der Waals surface area contributed by atoms with E-state index in [2.05, 4.69) is 4.98 Å². The van der Waals surface area contributed by atoms with Gasteiger partial charge >= 0.3 is 0 Å². The minimum atomic E-state index is -3.36. The normalized spacial score (nSPS) is 21.7. The summed E-state index contributed by atoms with van der Waals surface area (Å²) >= 11 is 6.26. The highest BCUT2D eigenvalue weighted by Crippen LogP contribution is 2.32. The lowest BCUT2D eigenvalue weighted by Gasteiger charge is -2.32. The van der Waals surface area contributed by atoms with Crippen molar-refractivity contribution in [2.75, 3.05) is 19.3 Å². The molecular formula is C17H20ClN3O3S. The third-order valence-corrected chi connectivity index (χ3v) is 6.79. The van der Waals surface area contributed by atoms with Crippen LogP contribution in [0.3, 0.4) is 0 Å². The van der Waals surface area contributed by atoms with Crippen molar-refractivity contribution in [2.45, 2.75) is 31.8 Å². The summed E-state index contributed by atoms with van der Waals surface area (Å²) in [6, 6.07) is 5.19. The fraction of sp³-hybridized carbons (Fsp3) is 0.471. The average Bonchev–Trinajstić information content (AvgIpc) is 3.19. The van der Waals surface area contributed by atoms with Gasteiger partial charge in [-0.2, -0.15) is 4.31 Å². The van der Waals surface area contributed by atoms with E-state index in [1.54, 1.807) is 4.90 Å². The van der Waals surface area contributed by atoms with Crippen molar-refractivity contribution in [3.8, 4) is 0 Å². The second kappa shape index (κ2) is 6.00. The Kier molecular flexibility index (Phi) is 4.05. The van der Waals surface area contributed by atoms with Gasteiger partial charge < -0.3 is 9.88 Å². The Balaban J connectivity index is 1.63. The maximum absolute atomic E-state index is 13.0. The molecule has 3 heterocycles. The van der Waals surface area contributed by atoms with Gasteiger partial charge in [0.25, 0.3) is 0 Å². The number of benzene rings is 1. The van der Waals surface area contributed by atoms with E-state index in [1.807, 2.05) is 18.2 Å². The summed E-state index contributed by atoms with van der Waals surface area (Å²) in [5.74, 6) is -0.0926. The van der Waals surface area contributed by atoms with Crippen molar-refractivity contribution < 1.29 is 13.2 Å². The van der Waals surface area contributed by atoms with Gasteiger partial charge in [0.15, 0.2) is 0 Å². The Hall–Kier alpha value is -1.57. The van der Waals surface area contributed by atoms with E-state index in [-0.39, 0.29) is 5.91 Å². The van der Waals surface area contributed by atoms with Gasteiger partial charge in [0, 0.05) is 42.7 Å². The molecule has 1 aromatic heterocycles. The number of sulfonamides is 1. The van der Waals surface area contributed by atoms with Crippen molar-refractivity contribution in [3.63, 3.8) is 0 Å². The number of carbonyl (C=O) groups is 1. The van der Waals surface area contributed by atoms with Gasteiger partial charge in [0.2, 0.25) is 15.9 Å². The zero-order valence-corrected chi connectivity index (χ0v) is 15.5. The van der Waals surface area contributed by atoms with Crippen LogP contribution in [-0.4, -0.2) is 53.9 Å². The monoisotopic (exact) mass is 381 g/mol. The van der Waals surface area contributed by atoms with Crippen LogP contribution in [0.5, 0.6) is 0 Å². The van der Waals surface area contributed by atoms with E-state index in [1.165, 1.54) is 10.6 Å². The topological polar surface area (TPSA) is 73.5 Å². The second-order valence-corrected chi connectivity index (χ2v) is 9.13. The molecule has 1 N–H and O–H groups in total. The zero-order chi connectivity index (χ0) is 17.8. The first-order valence-electron chi connectivity index (χ1n) is 8.40. The number of carbonyl (C=O) groups excluding carboxylic acids is 1. The van der Waals surface area contributed by atoms with E-state index >= 15 is 0 Å². The molecule has 0 spiro atoms. The Morgan fingerprint density at radius 3 is 2.88 bits per heavy atom. The third-order valence-electron chi connectivity index (χ3n) is 5.19. The first-order chi connectivity index (χ1) is 11.9. The predicted octanol–water partition coefficient (Wildman–Crippen LogP) is 2.13. The first kappa shape index (κ1) is 16.9. The number of rotatable bonds is 2. The molecule has 1 aromatic carbocycles. The van der Waals surface area contributed by atoms with E-state index in [0.29, 0.717) is 31.1 Å². The van der Waals surface area contributed by atoms with Crippen molar-refractivity contribution in [1.29, 1.82) is 0 Å². The average molecular weight is 382 g/mol. The lowest BCUT2D eigenvalue weighted by Crippen LogP contribution is -2.48. The number of nitrogens with zero attached hydrogens (tertiary/aromatic N) is 2. The molecule has 0 saturated carbocycles. The van der Waals surface area contributed by atoms with Crippen LogP contribution in [-0.2, 0) is 27.8 Å².